The Labute approximate surface area is 191 Å². The van der Waals surface area contributed by atoms with Gasteiger partial charge < -0.3 is 10.6 Å². The van der Waals surface area contributed by atoms with Crippen molar-refractivity contribution in [1.29, 1.82) is 0 Å². The third-order valence-corrected chi connectivity index (χ3v) is 5.93. The monoisotopic (exact) mass is 472 g/mol. The first-order chi connectivity index (χ1) is 15.7. The Morgan fingerprint density at radius 3 is 2.52 bits per heavy atom. The molecule has 33 heavy (non-hydrogen) atoms. The maximum Gasteiger partial charge on any atom is 0.416 e. The van der Waals surface area contributed by atoms with Gasteiger partial charge in [-0.15, -0.1) is 0 Å². The number of carbonyl (C=O) groups excluding carboxylic acids is 1. The van der Waals surface area contributed by atoms with E-state index in [0.29, 0.717) is 11.5 Å². The molecular formula is C22H19F3N6OS. The van der Waals surface area contributed by atoms with Crippen LogP contribution in [0.2, 0.25) is 0 Å². The van der Waals surface area contributed by atoms with Gasteiger partial charge in [0.05, 0.1) is 5.56 Å². The number of urea groups is 1. The molecule has 0 bridgehead atoms. The van der Waals surface area contributed by atoms with E-state index in [9.17, 15) is 18.0 Å². The van der Waals surface area contributed by atoms with Crippen LogP contribution in [0.15, 0.2) is 64.8 Å². The van der Waals surface area contributed by atoms with Crippen molar-refractivity contribution < 1.29 is 18.0 Å². The Bertz CT molecular complexity index is 1300. The molecule has 0 radical (unpaired) electrons. The van der Waals surface area contributed by atoms with E-state index in [0.717, 1.165) is 39.7 Å². The number of alkyl halides is 3. The molecule has 2 heterocycles. The molecule has 2 amide bonds. The lowest BCUT2D eigenvalue weighted by molar-refractivity contribution is -0.137. The molecule has 11 heteroatoms. The number of hydrogen-bond donors (Lipinski definition) is 2. The molecule has 0 saturated heterocycles. The Kier molecular flexibility index (Phi) is 6.23. The molecule has 170 valence electrons. The summed E-state index contributed by atoms with van der Waals surface area (Å²) < 4.78 is 40.2. The second-order valence-corrected chi connectivity index (χ2v) is 8.15. The molecule has 0 aliphatic heterocycles. The largest absolute Gasteiger partial charge is 0.416 e. The van der Waals surface area contributed by atoms with Crippen molar-refractivity contribution in [2.24, 2.45) is 0 Å². The minimum Gasteiger partial charge on any atom is -0.308 e. The number of anilines is 2. The number of carbonyl (C=O) groups is 1. The highest BCUT2D eigenvalue weighted by molar-refractivity contribution is 7.99. The quantitative estimate of drug-likeness (QED) is 0.358. The van der Waals surface area contributed by atoms with Crippen LogP contribution in [0, 0.1) is 6.92 Å². The second kappa shape index (κ2) is 9.10. The fourth-order valence-corrected chi connectivity index (χ4v) is 4.38. The maximum absolute atomic E-state index is 12.8. The standard InChI is InChI=1S/C22H19F3N6OS/c1-3-18-13(2)28-20-26-12-27-31(20)19(18)33-17-9-7-15(8-10-17)29-21(32)30-16-6-4-5-14(11-16)22(23,24)25/h4-12H,3H2,1-2H3,(H2,29,30,32). The highest BCUT2D eigenvalue weighted by Gasteiger charge is 2.30. The van der Waals surface area contributed by atoms with Gasteiger partial charge in [-0.3, -0.25) is 0 Å². The average molecular weight is 472 g/mol. The summed E-state index contributed by atoms with van der Waals surface area (Å²) in [5, 5.41) is 10.2. The number of amides is 2. The van der Waals surface area contributed by atoms with Crippen LogP contribution in [0.5, 0.6) is 0 Å². The minimum absolute atomic E-state index is 0.0477. The van der Waals surface area contributed by atoms with Gasteiger partial charge in [0.2, 0.25) is 0 Å². The number of rotatable bonds is 5. The van der Waals surface area contributed by atoms with Crippen LogP contribution in [0.3, 0.4) is 0 Å². The van der Waals surface area contributed by atoms with E-state index >= 15 is 0 Å². The van der Waals surface area contributed by atoms with Crippen molar-refractivity contribution in [3.05, 3.63) is 71.7 Å². The average Bonchev–Trinajstić information content (AvgIpc) is 3.23. The van der Waals surface area contributed by atoms with Gasteiger partial charge in [-0.25, -0.2) is 9.78 Å². The number of fused-ring (bicyclic) bond motifs is 1. The van der Waals surface area contributed by atoms with Gasteiger partial charge >= 0.3 is 12.2 Å². The van der Waals surface area contributed by atoms with Crippen LogP contribution in [-0.2, 0) is 12.6 Å². The maximum atomic E-state index is 12.8. The van der Waals surface area contributed by atoms with Crippen molar-refractivity contribution in [3.8, 4) is 0 Å². The number of hydrogen-bond acceptors (Lipinski definition) is 5. The van der Waals surface area contributed by atoms with Gasteiger partial charge in [-0.2, -0.15) is 27.8 Å². The second-order valence-electron chi connectivity index (χ2n) is 7.09. The predicted octanol–water partition coefficient (Wildman–Crippen LogP) is 5.81. The topological polar surface area (TPSA) is 84.2 Å². The van der Waals surface area contributed by atoms with E-state index in [1.54, 1.807) is 16.6 Å². The molecule has 0 spiro atoms. The van der Waals surface area contributed by atoms with Crippen LogP contribution in [0.25, 0.3) is 5.78 Å². The number of aromatic nitrogens is 4. The summed E-state index contributed by atoms with van der Waals surface area (Å²) in [6.07, 6.45) is -2.24. The SMILES string of the molecule is CCc1c(C)nc2ncnn2c1Sc1ccc(NC(=O)Nc2cccc(C(F)(F)F)c2)cc1. The third-order valence-electron chi connectivity index (χ3n) is 4.81. The summed E-state index contributed by atoms with van der Waals surface area (Å²) >= 11 is 1.51. The summed E-state index contributed by atoms with van der Waals surface area (Å²) in [5.41, 5.74) is 1.68. The van der Waals surface area contributed by atoms with Crippen LogP contribution in [0.1, 0.15) is 23.7 Å². The van der Waals surface area contributed by atoms with E-state index in [2.05, 4.69) is 25.7 Å². The first-order valence-corrected chi connectivity index (χ1v) is 10.8. The zero-order chi connectivity index (χ0) is 23.6. The zero-order valence-electron chi connectivity index (χ0n) is 17.6. The lowest BCUT2D eigenvalue weighted by Crippen LogP contribution is -2.19. The predicted molar refractivity (Wildman–Crippen MR) is 120 cm³/mol. The highest BCUT2D eigenvalue weighted by atomic mass is 32.2. The molecule has 4 rings (SSSR count). The number of halogens is 3. The molecule has 2 aromatic heterocycles. The van der Waals surface area contributed by atoms with Crippen molar-refractivity contribution in [2.45, 2.75) is 36.4 Å². The molecule has 0 unspecified atom stereocenters. The van der Waals surface area contributed by atoms with Crippen molar-refractivity contribution in [2.75, 3.05) is 10.6 Å². The lowest BCUT2D eigenvalue weighted by Gasteiger charge is -2.12. The molecule has 0 fully saturated rings. The Morgan fingerprint density at radius 1 is 1.09 bits per heavy atom. The van der Waals surface area contributed by atoms with Crippen molar-refractivity contribution in [3.63, 3.8) is 0 Å². The normalized spacial score (nSPS) is 11.5. The molecule has 0 aliphatic carbocycles. The molecular weight excluding hydrogens is 453 g/mol. The molecule has 0 aliphatic rings. The number of aryl methyl sites for hydroxylation is 1. The number of nitrogens with one attached hydrogen (secondary N) is 2. The van der Waals surface area contributed by atoms with Gasteiger partial charge in [-0.1, -0.05) is 24.8 Å². The molecule has 0 saturated carbocycles. The molecule has 0 atom stereocenters. The smallest absolute Gasteiger partial charge is 0.308 e. The van der Waals surface area contributed by atoms with Gasteiger partial charge in [0.15, 0.2) is 0 Å². The van der Waals surface area contributed by atoms with E-state index in [-0.39, 0.29) is 5.69 Å². The summed E-state index contributed by atoms with van der Waals surface area (Å²) in [7, 11) is 0. The van der Waals surface area contributed by atoms with Crippen LogP contribution < -0.4 is 10.6 Å². The van der Waals surface area contributed by atoms with Gasteiger partial charge in [-0.05, 0) is 55.8 Å². The Balaban J connectivity index is 1.46. The van der Waals surface area contributed by atoms with E-state index in [4.69, 9.17) is 0 Å². The summed E-state index contributed by atoms with van der Waals surface area (Å²) in [6.45, 7) is 3.99. The fraction of sp³-hybridized carbons (Fsp3) is 0.182. The summed E-state index contributed by atoms with van der Waals surface area (Å²) in [4.78, 5) is 21.8. The van der Waals surface area contributed by atoms with Crippen LogP contribution in [0.4, 0.5) is 29.3 Å². The van der Waals surface area contributed by atoms with Gasteiger partial charge in [0.25, 0.3) is 5.78 Å². The Hall–Kier alpha value is -3.60. The molecule has 2 aromatic carbocycles. The fourth-order valence-electron chi connectivity index (χ4n) is 3.25. The van der Waals surface area contributed by atoms with Gasteiger partial charge in [0.1, 0.15) is 11.4 Å². The zero-order valence-corrected chi connectivity index (χ0v) is 18.5. The molecule has 7 nitrogen and oxygen atoms in total. The summed E-state index contributed by atoms with van der Waals surface area (Å²) in [5.74, 6) is 0.525. The van der Waals surface area contributed by atoms with Crippen molar-refractivity contribution >= 4 is 34.9 Å². The Morgan fingerprint density at radius 2 is 1.82 bits per heavy atom. The van der Waals surface area contributed by atoms with E-state index in [1.807, 2.05) is 26.0 Å². The first kappa shape index (κ1) is 22.6. The molecule has 4 aromatic rings. The van der Waals surface area contributed by atoms with E-state index < -0.39 is 17.8 Å². The molecule has 2 N–H and O–H groups in total. The first-order valence-electron chi connectivity index (χ1n) is 9.97. The third kappa shape index (κ3) is 5.08. The minimum atomic E-state index is -4.48. The summed E-state index contributed by atoms with van der Waals surface area (Å²) in [6, 6.07) is 10.9. The highest BCUT2D eigenvalue weighted by Crippen LogP contribution is 2.33. The van der Waals surface area contributed by atoms with Crippen LogP contribution in [-0.4, -0.2) is 25.6 Å². The van der Waals surface area contributed by atoms with E-state index in [1.165, 1.54) is 30.2 Å². The number of benzene rings is 2. The van der Waals surface area contributed by atoms with Gasteiger partial charge in [0, 0.05) is 27.5 Å². The van der Waals surface area contributed by atoms with Crippen molar-refractivity contribution in [1.82, 2.24) is 19.6 Å². The lowest BCUT2D eigenvalue weighted by atomic mass is 10.2. The van der Waals surface area contributed by atoms with Crippen LogP contribution >= 0.6 is 11.8 Å². The number of nitrogens with zero attached hydrogens (tertiary/aromatic N) is 4.